The van der Waals surface area contributed by atoms with E-state index < -0.39 is 0 Å². The average Bonchev–Trinajstić information content (AvgIpc) is 3.26. The maximum Gasteiger partial charge on any atom is 0.277 e. The number of fused-ring (bicyclic) bond motifs is 1. The summed E-state index contributed by atoms with van der Waals surface area (Å²) in [4.78, 5) is 16.5. The summed E-state index contributed by atoms with van der Waals surface area (Å²) in [5, 5.41) is 11.8. The summed E-state index contributed by atoms with van der Waals surface area (Å²) in [5.74, 6) is 0.465. The number of aromatic nitrogens is 3. The number of thiazole rings is 1. The summed E-state index contributed by atoms with van der Waals surface area (Å²) in [6, 6.07) is 15.6. The second kappa shape index (κ2) is 7.27. The van der Waals surface area contributed by atoms with Gasteiger partial charge in [0.05, 0.1) is 16.0 Å². The van der Waals surface area contributed by atoms with E-state index in [-0.39, 0.29) is 11.7 Å². The molecule has 6 nitrogen and oxygen atoms in total. The van der Waals surface area contributed by atoms with Crippen LogP contribution in [0.4, 0.5) is 5.13 Å². The number of anilines is 1. The first-order valence-corrected chi connectivity index (χ1v) is 9.67. The van der Waals surface area contributed by atoms with Gasteiger partial charge in [-0.25, -0.2) is 4.98 Å². The number of nitrogens with zero attached hydrogens (tertiary/aromatic N) is 3. The van der Waals surface area contributed by atoms with Gasteiger partial charge >= 0.3 is 0 Å². The predicted molar refractivity (Wildman–Crippen MR) is 103 cm³/mol. The Bertz CT molecular complexity index is 1040. The second-order valence-electron chi connectivity index (χ2n) is 5.51. The van der Waals surface area contributed by atoms with Crippen LogP contribution in [-0.4, -0.2) is 26.8 Å². The van der Waals surface area contributed by atoms with Crippen LogP contribution in [0.5, 0.6) is 0 Å². The molecule has 2 aromatic carbocycles. The van der Waals surface area contributed by atoms with E-state index in [0.717, 1.165) is 21.3 Å². The Balaban J connectivity index is 1.38. The number of carbonyl (C=O) groups excluding carboxylic acids is 1. The van der Waals surface area contributed by atoms with Gasteiger partial charge in [-0.1, -0.05) is 53.4 Å². The number of hydrogen-bond acceptors (Lipinski definition) is 7. The first-order valence-electron chi connectivity index (χ1n) is 7.87. The van der Waals surface area contributed by atoms with Crippen molar-refractivity contribution in [2.24, 2.45) is 0 Å². The van der Waals surface area contributed by atoms with Gasteiger partial charge in [0.25, 0.3) is 5.22 Å². The molecule has 0 atom stereocenters. The quantitative estimate of drug-likeness (QED) is 0.516. The molecule has 2 aromatic heterocycles. The fourth-order valence-corrected chi connectivity index (χ4v) is 3.84. The molecule has 1 amide bonds. The van der Waals surface area contributed by atoms with Gasteiger partial charge in [0.2, 0.25) is 11.8 Å². The standard InChI is InChI=1S/C18H14N4O2S2/c1-11-6-2-3-7-12(11)16-21-22-18(24-16)25-10-15(23)20-17-19-13-8-4-5-9-14(13)26-17/h2-9H,10H2,1H3,(H,19,20,23). The zero-order chi connectivity index (χ0) is 17.9. The Hall–Kier alpha value is -2.71. The molecule has 4 rings (SSSR count). The molecule has 0 aliphatic heterocycles. The molecule has 0 bridgehead atoms. The van der Waals surface area contributed by atoms with E-state index in [9.17, 15) is 4.79 Å². The van der Waals surface area contributed by atoms with Gasteiger partial charge in [-0.05, 0) is 30.7 Å². The molecule has 1 N–H and O–H groups in total. The van der Waals surface area contributed by atoms with Crippen molar-refractivity contribution in [1.82, 2.24) is 15.2 Å². The average molecular weight is 382 g/mol. The highest BCUT2D eigenvalue weighted by Gasteiger charge is 2.13. The largest absolute Gasteiger partial charge is 0.411 e. The summed E-state index contributed by atoms with van der Waals surface area (Å²) < 4.78 is 6.68. The van der Waals surface area contributed by atoms with E-state index in [2.05, 4.69) is 20.5 Å². The van der Waals surface area contributed by atoms with Crippen molar-refractivity contribution in [2.75, 3.05) is 11.1 Å². The van der Waals surface area contributed by atoms with Crippen LogP contribution in [0.15, 0.2) is 58.2 Å². The fourth-order valence-electron chi connectivity index (χ4n) is 2.40. The number of thioether (sulfide) groups is 1. The molecule has 26 heavy (non-hydrogen) atoms. The minimum Gasteiger partial charge on any atom is -0.411 e. The predicted octanol–water partition coefficient (Wildman–Crippen LogP) is 4.39. The third-order valence-corrected chi connectivity index (χ3v) is 5.42. The lowest BCUT2D eigenvalue weighted by Gasteiger charge is -1.99. The highest BCUT2D eigenvalue weighted by atomic mass is 32.2. The number of amides is 1. The van der Waals surface area contributed by atoms with Gasteiger partial charge in [-0.2, -0.15) is 0 Å². The van der Waals surface area contributed by atoms with Crippen LogP contribution >= 0.6 is 23.1 Å². The number of benzene rings is 2. The van der Waals surface area contributed by atoms with Crippen LogP contribution in [0.25, 0.3) is 21.7 Å². The molecule has 0 spiro atoms. The van der Waals surface area contributed by atoms with E-state index in [1.54, 1.807) is 0 Å². The highest BCUT2D eigenvalue weighted by molar-refractivity contribution is 7.99. The van der Waals surface area contributed by atoms with Crippen molar-refractivity contribution in [1.29, 1.82) is 0 Å². The monoisotopic (exact) mass is 382 g/mol. The normalized spacial score (nSPS) is 11.0. The first-order chi connectivity index (χ1) is 12.7. The zero-order valence-electron chi connectivity index (χ0n) is 13.8. The lowest BCUT2D eigenvalue weighted by molar-refractivity contribution is -0.113. The van der Waals surface area contributed by atoms with Crippen molar-refractivity contribution in [3.8, 4) is 11.5 Å². The third kappa shape index (κ3) is 3.61. The highest BCUT2D eigenvalue weighted by Crippen LogP contribution is 2.27. The Labute approximate surface area is 157 Å². The molecule has 8 heteroatoms. The molecule has 0 aliphatic carbocycles. The Morgan fingerprint density at radius 1 is 1.15 bits per heavy atom. The number of carbonyl (C=O) groups is 1. The minimum atomic E-state index is -0.162. The summed E-state index contributed by atoms with van der Waals surface area (Å²) >= 11 is 2.65. The third-order valence-electron chi connectivity index (χ3n) is 3.65. The van der Waals surface area contributed by atoms with Crippen LogP contribution in [0.3, 0.4) is 0 Å². The molecule has 0 fully saturated rings. The van der Waals surface area contributed by atoms with Crippen LogP contribution in [0.2, 0.25) is 0 Å². The minimum absolute atomic E-state index is 0.162. The number of nitrogens with one attached hydrogen (secondary N) is 1. The molecule has 0 unspecified atom stereocenters. The van der Waals surface area contributed by atoms with Crippen molar-refractivity contribution in [2.45, 2.75) is 12.1 Å². The van der Waals surface area contributed by atoms with E-state index in [0.29, 0.717) is 16.2 Å². The van der Waals surface area contributed by atoms with E-state index in [4.69, 9.17) is 4.42 Å². The Kier molecular flexibility index (Phi) is 4.68. The van der Waals surface area contributed by atoms with Gasteiger partial charge in [-0.15, -0.1) is 10.2 Å². The van der Waals surface area contributed by atoms with Gasteiger partial charge in [0.1, 0.15) is 0 Å². The van der Waals surface area contributed by atoms with E-state index in [1.807, 2.05) is 55.5 Å². The molecule has 2 heterocycles. The van der Waals surface area contributed by atoms with Crippen molar-refractivity contribution < 1.29 is 9.21 Å². The van der Waals surface area contributed by atoms with Crippen LogP contribution in [0.1, 0.15) is 5.56 Å². The van der Waals surface area contributed by atoms with Crippen molar-refractivity contribution in [3.63, 3.8) is 0 Å². The molecule has 0 aliphatic rings. The van der Waals surface area contributed by atoms with E-state index >= 15 is 0 Å². The van der Waals surface area contributed by atoms with Crippen molar-refractivity contribution >= 4 is 44.4 Å². The molecule has 0 saturated carbocycles. The lowest BCUT2D eigenvalue weighted by atomic mass is 10.1. The smallest absolute Gasteiger partial charge is 0.277 e. The first kappa shape index (κ1) is 16.7. The van der Waals surface area contributed by atoms with Crippen LogP contribution in [-0.2, 0) is 4.79 Å². The molecular formula is C18H14N4O2S2. The topological polar surface area (TPSA) is 80.9 Å². The molecular weight excluding hydrogens is 368 g/mol. The van der Waals surface area contributed by atoms with Gasteiger partial charge in [0, 0.05) is 5.56 Å². The Morgan fingerprint density at radius 2 is 1.96 bits per heavy atom. The maximum atomic E-state index is 12.1. The molecule has 0 saturated heterocycles. The molecule has 130 valence electrons. The van der Waals surface area contributed by atoms with Gasteiger partial charge in [0.15, 0.2) is 5.13 Å². The van der Waals surface area contributed by atoms with Crippen LogP contribution in [0, 0.1) is 6.92 Å². The van der Waals surface area contributed by atoms with Crippen LogP contribution < -0.4 is 5.32 Å². The number of aryl methyl sites for hydroxylation is 1. The number of hydrogen-bond donors (Lipinski definition) is 1. The number of para-hydroxylation sites is 1. The lowest BCUT2D eigenvalue weighted by Crippen LogP contribution is -2.13. The summed E-state index contributed by atoms with van der Waals surface area (Å²) in [5.41, 5.74) is 2.83. The molecule has 0 radical (unpaired) electrons. The number of rotatable bonds is 5. The summed E-state index contributed by atoms with van der Waals surface area (Å²) in [6.07, 6.45) is 0. The van der Waals surface area contributed by atoms with Gasteiger partial charge < -0.3 is 9.73 Å². The second-order valence-corrected chi connectivity index (χ2v) is 7.47. The SMILES string of the molecule is Cc1ccccc1-c1nnc(SCC(=O)Nc2nc3ccccc3s2)o1. The van der Waals surface area contributed by atoms with E-state index in [1.165, 1.54) is 23.1 Å². The Morgan fingerprint density at radius 3 is 2.81 bits per heavy atom. The zero-order valence-corrected chi connectivity index (χ0v) is 15.4. The maximum absolute atomic E-state index is 12.1. The van der Waals surface area contributed by atoms with Gasteiger partial charge in [-0.3, -0.25) is 4.79 Å². The fraction of sp³-hybridized carbons (Fsp3) is 0.111. The summed E-state index contributed by atoms with van der Waals surface area (Å²) in [7, 11) is 0. The summed E-state index contributed by atoms with van der Waals surface area (Å²) in [6.45, 7) is 1.98. The van der Waals surface area contributed by atoms with Crippen molar-refractivity contribution in [3.05, 3.63) is 54.1 Å². The molecule has 4 aromatic rings.